The Labute approximate surface area is 190 Å². The van der Waals surface area contributed by atoms with Gasteiger partial charge in [0.25, 0.3) is 5.91 Å². The molecular weight excluding hydrogens is 409 g/mol. The number of carbonyl (C=O) groups excluding carboxylic acids is 1. The number of carbonyl (C=O) groups is 1. The zero-order valence-electron chi connectivity index (χ0n) is 19.2. The first kappa shape index (κ1) is 24.0. The van der Waals surface area contributed by atoms with Crippen molar-refractivity contribution in [3.63, 3.8) is 0 Å². The van der Waals surface area contributed by atoms with Crippen LogP contribution in [0.4, 0.5) is 15.8 Å². The highest BCUT2D eigenvalue weighted by molar-refractivity contribution is 6.05. The van der Waals surface area contributed by atoms with Gasteiger partial charge in [0.1, 0.15) is 11.6 Å². The third-order valence-corrected chi connectivity index (χ3v) is 5.81. The van der Waals surface area contributed by atoms with Crippen LogP contribution in [0.15, 0.2) is 42.5 Å². The lowest BCUT2D eigenvalue weighted by atomic mass is 10.1. The zero-order valence-corrected chi connectivity index (χ0v) is 19.2. The van der Waals surface area contributed by atoms with Crippen molar-refractivity contribution >= 4 is 17.3 Å². The second kappa shape index (κ2) is 11.3. The van der Waals surface area contributed by atoms with E-state index in [1.807, 2.05) is 11.8 Å². The molecule has 2 atom stereocenters. The molecule has 2 aromatic rings. The Morgan fingerprint density at radius 1 is 1.31 bits per heavy atom. The molecular formula is C25H34FN3O3. The number of hydrogen-bond donors (Lipinski definition) is 2. The summed E-state index contributed by atoms with van der Waals surface area (Å²) in [7, 11) is 1.65. The zero-order chi connectivity index (χ0) is 23.1. The first-order chi connectivity index (χ1) is 15.4. The summed E-state index contributed by atoms with van der Waals surface area (Å²) < 4.78 is 20.6. The Kier molecular flexibility index (Phi) is 8.47. The highest BCUT2D eigenvalue weighted by Gasteiger charge is 2.26. The van der Waals surface area contributed by atoms with Gasteiger partial charge in [0, 0.05) is 43.5 Å². The number of hydrogen-bond acceptors (Lipinski definition) is 5. The van der Waals surface area contributed by atoms with E-state index in [0.29, 0.717) is 30.1 Å². The summed E-state index contributed by atoms with van der Waals surface area (Å²) in [6, 6.07) is 12.2. The SMILES string of the molecule is CCCCOc1ccc(C(=O)N(C)c2ccc(N3CCC(NC(C)CO)C3)c(F)c2)cc1. The lowest BCUT2D eigenvalue weighted by Crippen LogP contribution is -2.40. The number of rotatable bonds is 10. The summed E-state index contributed by atoms with van der Waals surface area (Å²) in [5.74, 6) is 0.179. The molecule has 0 saturated carbocycles. The normalized spacial score (nSPS) is 16.8. The minimum atomic E-state index is -0.349. The molecule has 2 unspecified atom stereocenters. The van der Waals surface area contributed by atoms with Crippen LogP contribution in [0.1, 0.15) is 43.5 Å². The van der Waals surface area contributed by atoms with Crippen LogP contribution >= 0.6 is 0 Å². The number of nitrogens with one attached hydrogen (secondary N) is 1. The largest absolute Gasteiger partial charge is 0.494 e. The molecule has 174 valence electrons. The van der Waals surface area contributed by atoms with Crippen LogP contribution in [0, 0.1) is 5.82 Å². The Morgan fingerprint density at radius 2 is 2.06 bits per heavy atom. The minimum absolute atomic E-state index is 0.0174. The smallest absolute Gasteiger partial charge is 0.258 e. The fraction of sp³-hybridized carbons (Fsp3) is 0.480. The van der Waals surface area contributed by atoms with Gasteiger partial charge in [-0.25, -0.2) is 4.39 Å². The fourth-order valence-electron chi connectivity index (χ4n) is 3.87. The molecule has 3 rings (SSSR count). The molecule has 0 aliphatic carbocycles. The van der Waals surface area contributed by atoms with Crippen molar-refractivity contribution in [2.24, 2.45) is 0 Å². The van der Waals surface area contributed by atoms with Gasteiger partial charge in [-0.3, -0.25) is 4.79 Å². The molecule has 1 amide bonds. The molecule has 2 aromatic carbocycles. The maximum Gasteiger partial charge on any atom is 0.258 e. The van der Waals surface area contributed by atoms with Crippen molar-refractivity contribution in [2.45, 2.75) is 45.2 Å². The predicted octanol–water partition coefficient (Wildman–Crippen LogP) is 3.83. The topological polar surface area (TPSA) is 65.0 Å². The third-order valence-electron chi connectivity index (χ3n) is 5.81. The van der Waals surface area contributed by atoms with E-state index >= 15 is 0 Å². The van der Waals surface area contributed by atoms with E-state index in [0.717, 1.165) is 31.6 Å². The highest BCUT2D eigenvalue weighted by Crippen LogP contribution is 2.28. The van der Waals surface area contributed by atoms with Crippen LogP contribution in [0.2, 0.25) is 0 Å². The summed E-state index contributed by atoms with van der Waals surface area (Å²) >= 11 is 0. The lowest BCUT2D eigenvalue weighted by molar-refractivity contribution is 0.0993. The summed E-state index contributed by atoms with van der Waals surface area (Å²) in [5.41, 5.74) is 1.55. The van der Waals surface area contributed by atoms with Crippen LogP contribution in [-0.2, 0) is 0 Å². The number of amides is 1. The second-order valence-electron chi connectivity index (χ2n) is 8.41. The molecule has 6 nitrogen and oxygen atoms in total. The Balaban J connectivity index is 1.63. The number of unbranched alkanes of at least 4 members (excludes halogenated alkanes) is 1. The second-order valence-corrected chi connectivity index (χ2v) is 8.41. The monoisotopic (exact) mass is 443 g/mol. The van der Waals surface area contributed by atoms with Crippen molar-refractivity contribution in [1.82, 2.24) is 5.32 Å². The van der Waals surface area contributed by atoms with Gasteiger partial charge in [-0.15, -0.1) is 0 Å². The third kappa shape index (κ3) is 5.99. The average Bonchev–Trinajstić information content (AvgIpc) is 3.26. The van der Waals surface area contributed by atoms with E-state index in [1.165, 1.54) is 11.0 Å². The van der Waals surface area contributed by atoms with Crippen LogP contribution in [0.3, 0.4) is 0 Å². The average molecular weight is 444 g/mol. The van der Waals surface area contributed by atoms with E-state index in [1.54, 1.807) is 43.4 Å². The number of anilines is 2. The summed E-state index contributed by atoms with van der Waals surface area (Å²) in [6.07, 6.45) is 2.94. The molecule has 32 heavy (non-hydrogen) atoms. The van der Waals surface area contributed by atoms with Gasteiger partial charge in [0.15, 0.2) is 0 Å². The van der Waals surface area contributed by atoms with Crippen molar-refractivity contribution in [2.75, 3.05) is 43.2 Å². The maximum absolute atomic E-state index is 14.9. The van der Waals surface area contributed by atoms with E-state index in [9.17, 15) is 14.3 Å². The van der Waals surface area contributed by atoms with Crippen molar-refractivity contribution in [3.05, 3.63) is 53.8 Å². The molecule has 2 N–H and O–H groups in total. The van der Waals surface area contributed by atoms with Crippen molar-refractivity contribution < 1.29 is 19.0 Å². The molecule has 0 radical (unpaired) electrons. The number of halogens is 1. The molecule has 1 aliphatic heterocycles. The van der Waals surface area contributed by atoms with Gasteiger partial charge >= 0.3 is 0 Å². The van der Waals surface area contributed by atoms with Gasteiger partial charge < -0.3 is 25.0 Å². The highest BCUT2D eigenvalue weighted by atomic mass is 19.1. The lowest BCUT2D eigenvalue weighted by Gasteiger charge is -2.23. The number of ether oxygens (including phenoxy) is 1. The molecule has 0 aromatic heterocycles. The van der Waals surface area contributed by atoms with Crippen LogP contribution < -0.4 is 19.9 Å². The molecule has 7 heteroatoms. The van der Waals surface area contributed by atoms with Gasteiger partial charge in [-0.05, 0) is 62.2 Å². The van der Waals surface area contributed by atoms with Gasteiger partial charge in [0.05, 0.1) is 18.9 Å². The quantitative estimate of drug-likeness (QED) is 0.547. The maximum atomic E-state index is 14.9. The standard InChI is InChI=1S/C25H34FN3O3/c1-4-5-14-32-22-9-6-19(7-10-22)25(31)28(3)21-8-11-24(23(26)15-21)29-13-12-20(16-29)27-18(2)17-30/h6-11,15,18,20,27,30H,4-5,12-14,16-17H2,1-3H3. The van der Waals surface area contributed by atoms with Crippen LogP contribution in [-0.4, -0.2) is 56.4 Å². The van der Waals surface area contributed by atoms with E-state index < -0.39 is 0 Å². The molecule has 0 bridgehead atoms. The summed E-state index contributed by atoms with van der Waals surface area (Å²) in [5, 5.41) is 12.6. The Bertz CT molecular complexity index is 891. The Morgan fingerprint density at radius 3 is 2.72 bits per heavy atom. The van der Waals surface area contributed by atoms with Crippen LogP contribution in [0.25, 0.3) is 0 Å². The first-order valence-electron chi connectivity index (χ1n) is 11.3. The van der Waals surface area contributed by atoms with Crippen molar-refractivity contribution in [1.29, 1.82) is 0 Å². The predicted molar refractivity (Wildman–Crippen MR) is 126 cm³/mol. The molecule has 1 heterocycles. The molecule has 1 aliphatic rings. The Hall–Kier alpha value is -2.64. The van der Waals surface area contributed by atoms with Crippen molar-refractivity contribution in [3.8, 4) is 5.75 Å². The van der Waals surface area contributed by atoms with Gasteiger partial charge in [-0.2, -0.15) is 0 Å². The summed E-state index contributed by atoms with van der Waals surface area (Å²) in [6.45, 7) is 6.20. The van der Waals surface area contributed by atoms with Gasteiger partial charge in [-0.1, -0.05) is 13.3 Å². The molecule has 0 spiro atoms. The van der Waals surface area contributed by atoms with E-state index in [2.05, 4.69) is 12.2 Å². The number of aliphatic hydroxyl groups is 1. The van der Waals surface area contributed by atoms with Gasteiger partial charge in [0.2, 0.25) is 0 Å². The summed E-state index contributed by atoms with van der Waals surface area (Å²) in [4.78, 5) is 16.3. The fourth-order valence-corrected chi connectivity index (χ4v) is 3.87. The van der Waals surface area contributed by atoms with E-state index in [4.69, 9.17) is 4.74 Å². The minimum Gasteiger partial charge on any atom is -0.494 e. The number of aliphatic hydroxyl groups excluding tert-OH is 1. The molecule has 1 fully saturated rings. The number of benzene rings is 2. The number of nitrogens with zero attached hydrogens (tertiary/aromatic N) is 2. The molecule has 1 saturated heterocycles. The van der Waals surface area contributed by atoms with E-state index in [-0.39, 0.29) is 30.4 Å². The first-order valence-corrected chi connectivity index (χ1v) is 11.3. The van der Waals surface area contributed by atoms with Crippen LogP contribution in [0.5, 0.6) is 5.75 Å².